The Bertz CT molecular complexity index is 427. The predicted octanol–water partition coefficient (Wildman–Crippen LogP) is 3.81. The Morgan fingerprint density at radius 1 is 1.25 bits per heavy atom. The van der Waals surface area contributed by atoms with Gasteiger partial charge >= 0.3 is 0 Å². The third kappa shape index (κ3) is 1.15. The van der Waals surface area contributed by atoms with E-state index in [2.05, 4.69) is 38.6 Å². The maximum atomic E-state index is 4.32. The van der Waals surface area contributed by atoms with Crippen molar-refractivity contribution < 1.29 is 0 Å². The Kier molecular flexibility index (Phi) is 1.89. The summed E-state index contributed by atoms with van der Waals surface area (Å²) >= 11 is 6.17. The lowest BCUT2D eigenvalue weighted by Gasteiger charge is -1.92. The molecule has 0 spiro atoms. The van der Waals surface area contributed by atoms with Gasteiger partial charge in [0.1, 0.15) is 0 Å². The van der Waals surface area contributed by atoms with E-state index in [0.29, 0.717) is 0 Å². The van der Waals surface area contributed by atoms with Gasteiger partial charge in [-0.25, -0.2) is 0 Å². The molecule has 0 saturated carbocycles. The van der Waals surface area contributed by atoms with Crippen LogP contribution in [0.3, 0.4) is 0 Å². The first-order valence-corrected chi connectivity index (χ1v) is 5.13. The first-order valence-electron chi connectivity index (χ1n) is 3.87. The lowest BCUT2D eigenvalue weighted by atomic mass is 10.2. The zero-order valence-electron chi connectivity index (χ0n) is 7.09. The number of thiophene rings is 1. The second-order valence-corrected chi connectivity index (χ2v) is 4.74. The molecule has 0 saturated heterocycles. The van der Waals surface area contributed by atoms with Crippen molar-refractivity contribution in [3.8, 4) is 0 Å². The van der Waals surface area contributed by atoms with Gasteiger partial charge in [0.15, 0.2) is 0 Å². The highest BCUT2D eigenvalue weighted by Gasteiger charge is 2.03. The molecular formula is C10H10S2. The van der Waals surface area contributed by atoms with Crippen LogP contribution in [0.2, 0.25) is 0 Å². The first kappa shape index (κ1) is 8.14. The van der Waals surface area contributed by atoms with Gasteiger partial charge in [0.05, 0.1) is 0 Å². The molecule has 12 heavy (non-hydrogen) atoms. The SMILES string of the molecule is Cc1sc2ccc(S)cc2c1C. The summed E-state index contributed by atoms with van der Waals surface area (Å²) in [5.74, 6) is 0. The lowest BCUT2D eigenvalue weighted by Crippen LogP contribution is -1.70. The van der Waals surface area contributed by atoms with E-state index in [1.807, 2.05) is 17.4 Å². The van der Waals surface area contributed by atoms with Crippen LogP contribution in [-0.2, 0) is 0 Å². The maximum Gasteiger partial charge on any atom is 0.0349 e. The van der Waals surface area contributed by atoms with Crippen LogP contribution in [0.25, 0.3) is 10.1 Å². The fourth-order valence-corrected chi connectivity index (χ4v) is 2.59. The molecular weight excluding hydrogens is 184 g/mol. The number of hydrogen-bond donors (Lipinski definition) is 1. The molecule has 2 rings (SSSR count). The smallest absolute Gasteiger partial charge is 0.0349 e. The van der Waals surface area contributed by atoms with Gasteiger partial charge in [-0.2, -0.15) is 0 Å². The molecule has 2 heteroatoms. The van der Waals surface area contributed by atoms with Crippen molar-refractivity contribution in [2.45, 2.75) is 18.7 Å². The molecule has 2 aromatic rings. The van der Waals surface area contributed by atoms with Crippen molar-refractivity contribution >= 4 is 34.1 Å². The Balaban J connectivity index is 2.88. The Morgan fingerprint density at radius 2 is 2.00 bits per heavy atom. The molecule has 0 amide bonds. The van der Waals surface area contributed by atoms with Crippen LogP contribution in [0.5, 0.6) is 0 Å². The highest BCUT2D eigenvalue weighted by Crippen LogP contribution is 2.31. The molecule has 0 atom stereocenters. The Morgan fingerprint density at radius 3 is 2.75 bits per heavy atom. The van der Waals surface area contributed by atoms with Gasteiger partial charge < -0.3 is 0 Å². The van der Waals surface area contributed by atoms with E-state index in [4.69, 9.17) is 0 Å². The van der Waals surface area contributed by atoms with Gasteiger partial charge in [-0.3, -0.25) is 0 Å². The highest BCUT2D eigenvalue weighted by atomic mass is 32.1. The Hall–Kier alpha value is -0.470. The number of rotatable bonds is 0. The lowest BCUT2D eigenvalue weighted by molar-refractivity contribution is 1.45. The van der Waals surface area contributed by atoms with E-state index in [0.717, 1.165) is 4.90 Å². The third-order valence-electron chi connectivity index (χ3n) is 2.16. The number of aryl methyl sites for hydroxylation is 2. The van der Waals surface area contributed by atoms with Crippen molar-refractivity contribution in [3.05, 3.63) is 28.6 Å². The van der Waals surface area contributed by atoms with Gasteiger partial charge in [0, 0.05) is 14.5 Å². The number of benzene rings is 1. The molecule has 0 aliphatic heterocycles. The number of fused-ring (bicyclic) bond motifs is 1. The van der Waals surface area contributed by atoms with Gasteiger partial charge in [0.2, 0.25) is 0 Å². The summed E-state index contributed by atoms with van der Waals surface area (Å²) in [7, 11) is 0. The number of hydrogen-bond acceptors (Lipinski definition) is 2. The van der Waals surface area contributed by atoms with Crippen LogP contribution in [0.4, 0.5) is 0 Å². The molecule has 1 aromatic carbocycles. The second kappa shape index (κ2) is 2.79. The van der Waals surface area contributed by atoms with Gasteiger partial charge in [-0.1, -0.05) is 0 Å². The molecule has 0 unspecified atom stereocenters. The molecule has 0 N–H and O–H groups in total. The van der Waals surface area contributed by atoms with Gasteiger partial charge in [0.25, 0.3) is 0 Å². The summed E-state index contributed by atoms with van der Waals surface area (Å²) in [5, 5.41) is 1.35. The summed E-state index contributed by atoms with van der Waals surface area (Å²) in [6.45, 7) is 4.33. The molecule has 1 aromatic heterocycles. The zero-order valence-corrected chi connectivity index (χ0v) is 8.80. The maximum absolute atomic E-state index is 4.32. The van der Waals surface area contributed by atoms with E-state index in [-0.39, 0.29) is 0 Å². The number of thiol groups is 1. The summed E-state index contributed by atoms with van der Waals surface area (Å²) in [5.41, 5.74) is 1.39. The average Bonchev–Trinajstić information content (AvgIpc) is 2.31. The van der Waals surface area contributed by atoms with Crippen LogP contribution in [0, 0.1) is 13.8 Å². The highest BCUT2D eigenvalue weighted by molar-refractivity contribution is 7.80. The van der Waals surface area contributed by atoms with Crippen molar-refractivity contribution in [1.82, 2.24) is 0 Å². The van der Waals surface area contributed by atoms with Crippen LogP contribution in [0.1, 0.15) is 10.4 Å². The third-order valence-corrected chi connectivity index (χ3v) is 3.62. The molecule has 0 nitrogen and oxygen atoms in total. The normalized spacial score (nSPS) is 10.9. The predicted molar refractivity (Wildman–Crippen MR) is 58.6 cm³/mol. The summed E-state index contributed by atoms with van der Waals surface area (Å²) in [4.78, 5) is 2.45. The molecule has 0 bridgehead atoms. The quantitative estimate of drug-likeness (QED) is 0.606. The fraction of sp³-hybridized carbons (Fsp3) is 0.200. The van der Waals surface area contributed by atoms with E-state index < -0.39 is 0 Å². The fourth-order valence-electron chi connectivity index (χ4n) is 1.33. The first-order chi connectivity index (χ1) is 5.68. The van der Waals surface area contributed by atoms with Crippen molar-refractivity contribution in [2.75, 3.05) is 0 Å². The van der Waals surface area contributed by atoms with E-state index >= 15 is 0 Å². The average molecular weight is 194 g/mol. The monoisotopic (exact) mass is 194 g/mol. The Labute approximate surface area is 81.6 Å². The minimum atomic E-state index is 1.04. The standard InChI is InChI=1S/C10H10S2/c1-6-7(2)12-10-4-3-8(11)5-9(6)10/h3-5,11H,1-2H3. The molecule has 1 heterocycles. The minimum Gasteiger partial charge on any atom is -0.143 e. The molecule has 0 aliphatic rings. The summed E-state index contributed by atoms with van der Waals surface area (Å²) in [6.07, 6.45) is 0. The van der Waals surface area contributed by atoms with Crippen LogP contribution >= 0.6 is 24.0 Å². The van der Waals surface area contributed by atoms with Crippen molar-refractivity contribution in [3.63, 3.8) is 0 Å². The van der Waals surface area contributed by atoms with Crippen LogP contribution in [0.15, 0.2) is 23.1 Å². The van der Waals surface area contributed by atoms with E-state index in [9.17, 15) is 0 Å². The van der Waals surface area contributed by atoms with Crippen LogP contribution < -0.4 is 0 Å². The summed E-state index contributed by atoms with van der Waals surface area (Å²) < 4.78 is 1.36. The van der Waals surface area contributed by atoms with E-state index in [1.54, 1.807) is 0 Å². The van der Waals surface area contributed by atoms with Gasteiger partial charge in [-0.15, -0.1) is 24.0 Å². The second-order valence-electron chi connectivity index (χ2n) is 2.96. The van der Waals surface area contributed by atoms with Crippen LogP contribution in [-0.4, -0.2) is 0 Å². The molecule has 0 fully saturated rings. The molecule has 0 radical (unpaired) electrons. The summed E-state index contributed by atoms with van der Waals surface area (Å²) in [6, 6.07) is 6.32. The van der Waals surface area contributed by atoms with Gasteiger partial charge in [-0.05, 0) is 43.0 Å². The topological polar surface area (TPSA) is 0 Å². The van der Waals surface area contributed by atoms with Crippen molar-refractivity contribution in [2.24, 2.45) is 0 Å². The zero-order chi connectivity index (χ0) is 8.72. The minimum absolute atomic E-state index is 1.04. The van der Waals surface area contributed by atoms with E-state index in [1.165, 1.54) is 20.5 Å². The molecule has 0 aliphatic carbocycles. The van der Waals surface area contributed by atoms with Crippen molar-refractivity contribution in [1.29, 1.82) is 0 Å². The largest absolute Gasteiger partial charge is 0.143 e. The molecule has 62 valence electrons.